The van der Waals surface area contributed by atoms with Crippen LogP contribution in [0.1, 0.15) is 15.9 Å². The first-order valence-corrected chi connectivity index (χ1v) is 5.25. The van der Waals surface area contributed by atoms with Crippen LogP contribution in [0.25, 0.3) is 11.1 Å². The van der Waals surface area contributed by atoms with Gasteiger partial charge in [0, 0.05) is 0 Å². The first-order valence-electron chi connectivity index (χ1n) is 5.25. The summed E-state index contributed by atoms with van der Waals surface area (Å²) < 4.78 is 0. The SMILES string of the molecule is O=C(O)c1ccc(CO)cc1-c1ccccc1. The van der Waals surface area contributed by atoms with Crippen LogP contribution in [0.2, 0.25) is 0 Å². The molecule has 0 aliphatic rings. The fourth-order valence-corrected chi connectivity index (χ4v) is 1.73. The van der Waals surface area contributed by atoms with Gasteiger partial charge in [-0.1, -0.05) is 36.4 Å². The number of hydrogen-bond acceptors (Lipinski definition) is 2. The molecule has 2 aromatic rings. The lowest BCUT2D eigenvalue weighted by Gasteiger charge is -2.08. The number of carboxylic acid groups (broad SMARTS) is 1. The Hall–Kier alpha value is -2.13. The molecule has 0 aliphatic carbocycles. The van der Waals surface area contributed by atoms with Crippen molar-refractivity contribution in [3.63, 3.8) is 0 Å². The van der Waals surface area contributed by atoms with Gasteiger partial charge in [-0.05, 0) is 28.8 Å². The second-order valence-corrected chi connectivity index (χ2v) is 3.71. The molecule has 0 spiro atoms. The van der Waals surface area contributed by atoms with Crippen molar-refractivity contribution in [2.24, 2.45) is 0 Å². The van der Waals surface area contributed by atoms with E-state index in [0.29, 0.717) is 11.1 Å². The molecule has 0 heterocycles. The first-order chi connectivity index (χ1) is 8.22. The Kier molecular flexibility index (Phi) is 3.21. The van der Waals surface area contributed by atoms with E-state index in [2.05, 4.69) is 0 Å². The molecular formula is C14H12O3. The third-order valence-corrected chi connectivity index (χ3v) is 2.58. The second-order valence-electron chi connectivity index (χ2n) is 3.71. The molecule has 0 bridgehead atoms. The van der Waals surface area contributed by atoms with Crippen molar-refractivity contribution in [1.29, 1.82) is 0 Å². The van der Waals surface area contributed by atoms with Crippen molar-refractivity contribution >= 4 is 5.97 Å². The van der Waals surface area contributed by atoms with Crippen molar-refractivity contribution in [2.45, 2.75) is 6.61 Å². The van der Waals surface area contributed by atoms with Crippen LogP contribution < -0.4 is 0 Å². The first kappa shape index (κ1) is 11.4. The van der Waals surface area contributed by atoms with Crippen LogP contribution >= 0.6 is 0 Å². The number of aliphatic hydroxyl groups excluding tert-OH is 1. The van der Waals surface area contributed by atoms with E-state index < -0.39 is 5.97 Å². The van der Waals surface area contributed by atoms with E-state index in [0.717, 1.165) is 5.56 Å². The zero-order valence-corrected chi connectivity index (χ0v) is 9.13. The van der Waals surface area contributed by atoms with Crippen molar-refractivity contribution in [2.75, 3.05) is 0 Å². The Bertz CT molecular complexity index is 532. The standard InChI is InChI=1S/C14H12O3/c15-9-10-6-7-12(14(16)17)13(8-10)11-4-2-1-3-5-11/h1-8,15H,9H2,(H,16,17). The highest BCUT2D eigenvalue weighted by Gasteiger charge is 2.11. The molecule has 2 N–H and O–H groups in total. The monoisotopic (exact) mass is 228 g/mol. The smallest absolute Gasteiger partial charge is 0.336 e. The van der Waals surface area contributed by atoms with Crippen molar-refractivity contribution < 1.29 is 15.0 Å². The fourth-order valence-electron chi connectivity index (χ4n) is 1.73. The third-order valence-electron chi connectivity index (χ3n) is 2.58. The summed E-state index contributed by atoms with van der Waals surface area (Å²) in [5, 5.41) is 18.2. The maximum absolute atomic E-state index is 11.1. The highest BCUT2D eigenvalue weighted by molar-refractivity contribution is 5.96. The lowest BCUT2D eigenvalue weighted by atomic mass is 9.97. The molecule has 0 saturated heterocycles. The number of rotatable bonds is 3. The third kappa shape index (κ3) is 2.34. The number of aliphatic hydroxyl groups is 1. The quantitative estimate of drug-likeness (QED) is 0.848. The van der Waals surface area contributed by atoms with Crippen LogP contribution in [0.15, 0.2) is 48.5 Å². The van der Waals surface area contributed by atoms with Gasteiger partial charge in [0.15, 0.2) is 0 Å². The molecule has 0 saturated carbocycles. The Morgan fingerprint density at radius 3 is 2.35 bits per heavy atom. The largest absolute Gasteiger partial charge is 0.478 e. The summed E-state index contributed by atoms with van der Waals surface area (Å²) in [6.45, 7) is -0.0975. The molecule has 0 aromatic heterocycles. The normalized spacial score (nSPS) is 10.2. The molecule has 0 unspecified atom stereocenters. The van der Waals surface area contributed by atoms with Gasteiger partial charge in [0.2, 0.25) is 0 Å². The summed E-state index contributed by atoms with van der Waals surface area (Å²) >= 11 is 0. The van der Waals surface area contributed by atoms with Gasteiger partial charge in [-0.15, -0.1) is 0 Å². The van der Waals surface area contributed by atoms with E-state index >= 15 is 0 Å². The molecule has 0 aliphatic heterocycles. The van der Waals surface area contributed by atoms with E-state index in [9.17, 15) is 4.79 Å². The molecule has 2 aromatic carbocycles. The Labute approximate surface area is 99.0 Å². The average Bonchev–Trinajstić information content (AvgIpc) is 2.39. The molecule has 3 heteroatoms. The Morgan fingerprint density at radius 1 is 1.06 bits per heavy atom. The van der Waals surface area contributed by atoms with Crippen LogP contribution in [0.5, 0.6) is 0 Å². The second kappa shape index (κ2) is 4.80. The highest BCUT2D eigenvalue weighted by Crippen LogP contribution is 2.25. The fraction of sp³-hybridized carbons (Fsp3) is 0.0714. The molecule has 17 heavy (non-hydrogen) atoms. The molecule has 0 amide bonds. The molecule has 86 valence electrons. The van der Waals surface area contributed by atoms with Gasteiger partial charge >= 0.3 is 5.97 Å². The highest BCUT2D eigenvalue weighted by atomic mass is 16.4. The van der Waals surface area contributed by atoms with Crippen molar-refractivity contribution in [3.8, 4) is 11.1 Å². The van der Waals surface area contributed by atoms with Crippen LogP contribution in [-0.4, -0.2) is 16.2 Å². The van der Waals surface area contributed by atoms with Crippen LogP contribution in [-0.2, 0) is 6.61 Å². The van der Waals surface area contributed by atoms with E-state index in [4.69, 9.17) is 10.2 Å². The van der Waals surface area contributed by atoms with Gasteiger partial charge in [0.25, 0.3) is 0 Å². The predicted molar refractivity (Wildman–Crippen MR) is 64.8 cm³/mol. The summed E-state index contributed by atoms with van der Waals surface area (Å²) in [6, 6.07) is 14.1. The molecule has 0 radical (unpaired) electrons. The summed E-state index contributed by atoms with van der Waals surface area (Å²) in [5.74, 6) is -0.964. The van der Waals surface area contributed by atoms with E-state index in [1.807, 2.05) is 30.3 Å². The molecule has 0 fully saturated rings. The Morgan fingerprint density at radius 2 is 1.76 bits per heavy atom. The van der Waals surface area contributed by atoms with Gasteiger partial charge in [-0.2, -0.15) is 0 Å². The van der Waals surface area contributed by atoms with Crippen LogP contribution in [0.3, 0.4) is 0 Å². The summed E-state index contributed by atoms with van der Waals surface area (Å²) in [5.41, 5.74) is 2.41. The number of benzene rings is 2. The van der Waals surface area contributed by atoms with Gasteiger partial charge in [0.05, 0.1) is 12.2 Å². The van der Waals surface area contributed by atoms with Crippen molar-refractivity contribution in [1.82, 2.24) is 0 Å². The minimum Gasteiger partial charge on any atom is -0.478 e. The van der Waals surface area contributed by atoms with E-state index in [-0.39, 0.29) is 12.2 Å². The molecule has 0 atom stereocenters. The van der Waals surface area contributed by atoms with Crippen LogP contribution in [0, 0.1) is 0 Å². The summed E-state index contributed by atoms with van der Waals surface area (Å²) in [6.07, 6.45) is 0. The number of carboxylic acids is 1. The van der Waals surface area contributed by atoms with Crippen molar-refractivity contribution in [3.05, 3.63) is 59.7 Å². The van der Waals surface area contributed by atoms with Crippen LogP contribution in [0.4, 0.5) is 0 Å². The summed E-state index contributed by atoms with van der Waals surface area (Å²) in [4.78, 5) is 11.1. The average molecular weight is 228 g/mol. The minimum absolute atomic E-state index is 0.0975. The predicted octanol–water partition coefficient (Wildman–Crippen LogP) is 2.54. The molecule has 2 rings (SSSR count). The number of aromatic carboxylic acids is 1. The maximum atomic E-state index is 11.1. The van der Waals surface area contributed by atoms with Gasteiger partial charge in [-0.3, -0.25) is 0 Å². The van der Waals surface area contributed by atoms with E-state index in [1.165, 1.54) is 6.07 Å². The lowest BCUT2D eigenvalue weighted by Crippen LogP contribution is -2.00. The van der Waals surface area contributed by atoms with Gasteiger partial charge in [0.1, 0.15) is 0 Å². The topological polar surface area (TPSA) is 57.5 Å². The Balaban J connectivity index is 2.61. The van der Waals surface area contributed by atoms with Gasteiger partial charge in [-0.25, -0.2) is 4.79 Å². The zero-order valence-electron chi connectivity index (χ0n) is 9.13. The lowest BCUT2D eigenvalue weighted by molar-refractivity contribution is 0.0697. The van der Waals surface area contributed by atoms with Gasteiger partial charge < -0.3 is 10.2 Å². The van der Waals surface area contributed by atoms with E-state index in [1.54, 1.807) is 12.1 Å². The number of hydrogen-bond donors (Lipinski definition) is 2. The summed E-state index contributed by atoms with van der Waals surface area (Å²) in [7, 11) is 0. The number of carbonyl (C=O) groups is 1. The zero-order chi connectivity index (χ0) is 12.3. The molecule has 3 nitrogen and oxygen atoms in total. The minimum atomic E-state index is -0.964. The maximum Gasteiger partial charge on any atom is 0.336 e. The molecular weight excluding hydrogens is 216 g/mol.